The smallest absolute Gasteiger partial charge is 0.240 e. The minimum absolute atomic E-state index is 0. The van der Waals surface area contributed by atoms with E-state index in [0.717, 1.165) is 31.3 Å². The number of piperazine rings is 1. The molecule has 1 aliphatic rings. The zero-order valence-electron chi connectivity index (χ0n) is 15.0. The molecule has 0 saturated carbocycles. The molecule has 28 heavy (non-hydrogen) atoms. The van der Waals surface area contributed by atoms with Gasteiger partial charge in [0.1, 0.15) is 0 Å². The number of aromatic nitrogens is 1. The van der Waals surface area contributed by atoms with Crippen LogP contribution >= 0.6 is 46.9 Å². The summed E-state index contributed by atoms with van der Waals surface area (Å²) in [5, 5.41) is 3.35. The molecular formula is C16H22ClIN6O2S2. The summed E-state index contributed by atoms with van der Waals surface area (Å²) in [6.45, 7) is 3.58. The highest BCUT2D eigenvalue weighted by Crippen LogP contribution is 2.18. The number of guanidine groups is 1. The van der Waals surface area contributed by atoms with Crippen LogP contribution in [0.3, 0.4) is 0 Å². The van der Waals surface area contributed by atoms with Crippen molar-refractivity contribution in [2.24, 2.45) is 10.7 Å². The van der Waals surface area contributed by atoms with E-state index < -0.39 is 10.0 Å². The molecule has 1 aromatic heterocycles. The summed E-state index contributed by atoms with van der Waals surface area (Å²) >= 11 is 7.46. The molecule has 1 saturated heterocycles. The first kappa shape index (κ1) is 23.1. The molecule has 1 fully saturated rings. The van der Waals surface area contributed by atoms with Gasteiger partial charge in [0.15, 0.2) is 11.1 Å². The van der Waals surface area contributed by atoms with Crippen LogP contribution in [0.1, 0.15) is 0 Å². The number of anilines is 1. The standard InChI is InChI=1S/C16H21ClN6O2S2.HI/c17-13-2-1-3-14(12-13)27(24,25)21-5-4-19-15(18)22-7-9-23(10-8-22)16-20-6-11-26-16;/h1-3,6,11-12,21H,4-5,7-10H2,(H2,18,19);1H. The van der Waals surface area contributed by atoms with Crippen molar-refractivity contribution in [3.8, 4) is 0 Å². The molecule has 12 heteroatoms. The van der Waals surface area contributed by atoms with E-state index in [4.69, 9.17) is 17.3 Å². The Balaban J connectivity index is 0.00000280. The van der Waals surface area contributed by atoms with Gasteiger partial charge in [-0.25, -0.2) is 18.1 Å². The van der Waals surface area contributed by atoms with Crippen molar-refractivity contribution in [3.63, 3.8) is 0 Å². The van der Waals surface area contributed by atoms with E-state index >= 15 is 0 Å². The molecule has 3 rings (SSSR count). The lowest BCUT2D eigenvalue weighted by Crippen LogP contribution is -2.51. The maximum Gasteiger partial charge on any atom is 0.240 e. The quantitative estimate of drug-likeness (QED) is 0.244. The molecule has 0 atom stereocenters. The van der Waals surface area contributed by atoms with Crippen LogP contribution in [0.25, 0.3) is 0 Å². The summed E-state index contributed by atoms with van der Waals surface area (Å²) in [5.74, 6) is 0.427. The molecule has 2 aromatic rings. The Morgan fingerprint density at radius 1 is 1.32 bits per heavy atom. The van der Waals surface area contributed by atoms with Gasteiger partial charge in [0, 0.05) is 49.3 Å². The molecular weight excluding hydrogens is 535 g/mol. The Morgan fingerprint density at radius 3 is 2.71 bits per heavy atom. The predicted octanol–water partition coefficient (Wildman–Crippen LogP) is 1.83. The summed E-state index contributed by atoms with van der Waals surface area (Å²) in [5.41, 5.74) is 6.04. The number of thiazole rings is 1. The second-order valence-electron chi connectivity index (χ2n) is 5.88. The summed E-state index contributed by atoms with van der Waals surface area (Å²) < 4.78 is 26.9. The maximum absolute atomic E-state index is 12.2. The second-order valence-corrected chi connectivity index (χ2v) is 8.96. The largest absolute Gasteiger partial charge is 0.370 e. The average Bonchev–Trinajstić information content (AvgIpc) is 3.20. The van der Waals surface area contributed by atoms with Crippen LogP contribution in [0.4, 0.5) is 5.13 Å². The highest BCUT2D eigenvalue weighted by molar-refractivity contribution is 14.0. The Labute approximate surface area is 190 Å². The van der Waals surface area contributed by atoms with E-state index in [2.05, 4.69) is 19.6 Å². The van der Waals surface area contributed by atoms with Crippen molar-refractivity contribution in [2.45, 2.75) is 4.90 Å². The van der Waals surface area contributed by atoms with Crippen molar-refractivity contribution in [1.82, 2.24) is 14.6 Å². The highest BCUT2D eigenvalue weighted by atomic mass is 127. The summed E-state index contributed by atoms with van der Waals surface area (Å²) in [6, 6.07) is 6.12. The Morgan fingerprint density at radius 2 is 2.07 bits per heavy atom. The lowest BCUT2D eigenvalue weighted by molar-refractivity contribution is 0.380. The second kappa shape index (κ2) is 10.6. The summed E-state index contributed by atoms with van der Waals surface area (Å²) in [4.78, 5) is 12.9. The normalized spacial score (nSPS) is 15.4. The van der Waals surface area contributed by atoms with Crippen LogP contribution in [0.15, 0.2) is 45.7 Å². The van der Waals surface area contributed by atoms with Crippen molar-refractivity contribution in [3.05, 3.63) is 40.9 Å². The first-order chi connectivity index (χ1) is 13.0. The maximum atomic E-state index is 12.2. The van der Waals surface area contributed by atoms with E-state index in [1.54, 1.807) is 29.7 Å². The third-order valence-electron chi connectivity index (χ3n) is 4.08. The van der Waals surface area contributed by atoms with Crippen LogP contribution in [0, 0.1) is 0 Å². The van der Waals surface area contributed by atoms with Crippen molar-refractivity contribution in [2.75, 3.05) is 44.2 Å². The number of aliphatic imine (C=N–C) groups is 1. The van der Waals surface area contributed by atoms with Gasteiger partial charge in [-0.1, -0.05) is 17.7 Å². The van der Waals surface area contributed by atoms with Crippen molar-refractivity contribution >= 4 is 68.0 Å². The monoisotopic (exact) mass is 556 g/mol. The van der Waals surface area contributed by atoms with Gasteiger partial charge >= 0.3 is 0 Å². The van der Waals surface area contributed by atoms with E-state index in [1.165, 1.54) is 12.1 Å². The lowest BCUT2D eigenvalue weighted by Gasteiger charge is -2.35. The number of nitrogens with two attached hydrogens (primary N) is 1. The Hall–Kier alpha value is -1.15. The number of rotatable bonds is 6. The first-order valence-corrected chi connectivity index (χ1v) is 11.1. The topological polar surface area (TPSA) is 104 Å². The SMILES string of the molecule is I.NC(=NCCNS(=O)(=O)c1cccc(Cl)c1)N1CCN(c2nccs2)CC1. The van der Waals surface area contributed by atoms with Crippen molar-refractivity contribution < 1.29 is 8.42 Å². The van der Waals surface area contributed by atoms with Gasteiger partial charge in [0.2, 0.25) is 10.0 Å². The van der Waals surface area contributed by atoms with Gasteiger partial charge in [-0.05, 0) is 18.2 Å². The van der Waals surface area contributed by atoms with E-state index in [0.29, 0.717) is 11.0 Å². The van der Waals surface area contributed by atoms with E-state index in [-0.39, 0.29) is 42.0 Å². The predicted molar refractivity (Wildman–Crippen MR) is 124 cm³/mol. The van der Waals surface area contributed by atoms with Crippen LogP contribution in [-0.2, 0) is 10.0 Å². The third-order valence-corrected chi connectivity index (χ3v) is 6.60. The van der Waals surface area contributed by atoms with Crippen LogP contribution in [0.5, 0.6) is 0 Å². The van der Waals surface area contributed by atoms with Gasteiger partial charge in [0.25, 0.3) is 0 Å². The minimum Gasteiger partial charge on any atom is -0.370 e. The fourth-order valence-electron chi connectivity index (χ4n) is 2.67. The molecule has 1 aromatic carbocycles. The molecule has 3 N–H and O–H groups in total. The zero-order chi connectivity index (χ0) is 19.3. The van der Waals surface area contributed by atoms with Crippen LogP contribution < -0.4 is 15.4 Å². The Bertz CT molecular complexity index is 886. The van der Waals surface area contributed by atoms with Crippen LogP contribution in [-0.4, -0.2) is 63.5 Å². The molecule has 0 bridgehead atoms. The number of nitrogens with one attached hydrogen (secondary N) is 1. The lowest BCUT2D eigenvalue weighted by atomic mass is 10.3. The number of nitrogens with zero attached hydrogens (tertiary/aromatic N) is 4. The molecule has 0 amide bonds. The third kappa shape index (κ3) is 6.17. The zero-order valence-corrected chi connectivity index (χ0v) is 19.7. The highest BCUT2D eigenvalue weighted by Gasteiger charge is 2.20. The van der Waals surface area contributed by atoms with Crippen LogP contribution in [0.2, 0.25) is 5.02 Å². The number of hydrogen-bond acceptors (Lipinski definition) is 6. The first-order valence-electron chi connectivity index (χ1n) is 8.40. The fourth-order valence-corrected chi connectivity index (χ4v) is 4.69. The molecule has 8 nitrogen and oxygen atoms in total. The van der Waals surface area contributed by atoms with Gasteiger partial charge in [-0.3, -0.25) is 4.99 Å². The average molecular weight is 557 g/mol. The fraction of sp³-hybridized carbons (Fsp3) is 0.375. The summed E-state index contributed by atoms with van der Waals surface area (Å²) in [6.07, 6.45) is 1.80. The Kier molecular flexibility index (Phi) is 8.74. The molecule has 2 heterocycles. The van der Waals surface area contributed by atoms with Gasteiger partial charge < -0.3 is 15.5 Å². The van der Waals surface area contributed by atoms with E-state index in [9.17, 15) is 8.42 Å². The number of benzene rings is 1. The van der Waals surface area contributed by atoms with E-state index in [1.807, 2.05) is 10.3 Å². The number of sulfonamides is 1. The van der Waals surface area contributed by atoms with Crippen molar-refractivity contribution in [1.29, 1.82) is 0 Å². The molecule has 0 unspecified atom stereocenters. The van der Waals surface area contributed by atoms with Gasteiger partial charge in [-0.2, -0.15) is 0 Å². The molecule has 0 spiro atoms. The van der Waals surface area contributed by atoms with Gasteiger partial charge in [-0.15, -0.1) is 35.3 Å². The molecule has 1 aliphatic heterocycles. The summed E-state index contributed by atoms with van der Waals surface area (Å²) in [7, 11) is -3.61. The minimum atomic E-state index is -3.61. The number of hydrogen-bond donors (Lipinski definition) is 2. The van der Waals surface area contributed by atoms with Gasteiger partial charge in [0.05, 0.1) is 11.4 Å². The number of halogens is 2. The molecule has 0 aliphatic carbocycles. The molecule has 0 radical (unpaired) electrons. The molecule has 154 valence electrons.